The fraction of sp³-hybridized carbons (Fsp3) is 0.286. The Morgan fingerprint density at radius 1 is 1.06 bits per heavy atom. The first-order chi connectivity index (χ1) is 16.9. The number of furan rings is 1. The van der Waals surface area contributed by atoms with Crippen LogP contribution in [0.1, 0.15) is 48.8 Å². The predicted molar refractivity (Wildman–Crippen MR) is 131 cm³/mol. The van der Waals surface area contributed by atoms with Gasteiger partial charge in [0.15, 0.2) is 0 Å². The molecule has 0 saturated carbocycles. The highest BCUT2D eigenvalue weighted by Gasteiger charge is 2.47. The normalized spacial score (nSPS) is 17.1. The summed E-state index contributed by atoms with van der Waals surface area (Å²) in [5.74, 6) is 0.144. The standard InChI is InChI=1S/C28H29NO6/c1-4-14-34-22-13-10-20(16-18(22)3)26(30)24-25(23-7-6-15-35-23)29(28(32)27(24)31)17-19-8-11-21(12-9-19)33-5-2/h6-13,15-16,25,30H,4-5,14,17H2,1-3H3/b26-24-. The van der Waals surface area contributed by atoms with Crippen molar-refractivity contribution in [2.24, 2.45) is 0 Å². The van der Waals surface area contributed by atoms with E-state index in [2.05, 4.69) is 0 Å². The third-order valence-corrected chi connectivity index (χ3v) is 5.85. The number of ketones is 1. The van der Waals surface area contributed by atoms with Gasteiger partial charge in [0.1, 0.15) is 29.1 Å². The molecule has 0 spiro atoms. The molecule has 7 heteroatoms. The zero-order chi connectivity index (χ0) is 24.9. The number of aliphatic hydroxyl groups is 1. The minimum absolute atomic E-state index is 0.00230. The topological polar surface area (TPSA) is 89.2 Å². The van der Waals surface area contributed by atoms with Gasteiger partial charge in [-0.2, -0.15) is 0 Å². The van der Waals surface area contributed by atoms with Crippen molar-refractivity contribution in [1.29, 1.82) is 0 Å². The van der Waals surface area contributed by atoms with Gasteiger partial charge in [-0.05, 0) is 73.9 Å². The molecule has 1 fully saturated rings. The molecular weight excluding hydrogens is 446 g/mol. The highest BCUT2D eigenvalue weighted by Crippen LogP contribution is 2.41. The molecule has 0 aliphatic carbocycles. The van der Waals surface area contributed by atoms with Crippen LogP contribution < -0.4 is 9.47 Å². The van der Waals surface area contributed by atoms with Crippen LogP contribution in [-0.4, -0.2) is 34.9 Å². The Labute approximate surface area is 204 Å². The maximum Gasteiger partial charge on any atom is 0.296 e. The molecule has 1 amide bonds. The maximum atomic E-state index is 13.2. The number of Topliss-reactive ketones (excluding diaryl/α,β-unsaturated/α-hetero) is 1. The van der Waals surface area contributed by atoms with Crippen molar-refractivity contribution >= 4 is 17.4 Å². The minimum atomic E-state index is -0.854. The average molecular weight is 476 g/mol. The lowest BCUT2D eigenvalue weighted by Crippen LogP contribution is -2.29. The Morgan fingerprint density at radius 3 is 2.46 bits per heavy atom. The highest BCUT2D eigenvalue weighted by atomic mass is 16.5. The van der Waals surface area contributed by atoms with Gasteiger partial charge in [-0.3, -0.25) is 9.59 Å². The predicted octanol–water partition coefficient (Wildman–Crippen LogP) is 5.40. The molecule has 182 valence electrons. The Balaban J connectivity index is 1.72. The first kappa shape index (κ1) is 24.1. The molecule has 2 heterocycles. The van der Waals surface area contributed by atoms with Crippen molar-refractivity contribution in [1.82, 2.24) is 4.90 Å². The first-order valence-corrected chi connectivity index (χ1v) is 11.7. The SMILES string of the molecule is CCCOc1ccc(/C(O)=C2/C(=O)C(=O)N(Cc3ccc(OCC)cc3)C2c2ccco2)cc1C. The largest absolute Gasteiger partial charge is 0.507 e. The second kappa shape index (κ2) is 10.5. The summed E-state index contributed by atoms with van der Waals surface area (Å²) in [6.45, 7) is 7.11. The van der Waals surface area contributed by atoms with E-state index in [-0.39, 0.29) is 17.9 Å². The summed E-state index contributed by atoms with van der Waals surface area (Å²) in [5.41, 5.74) is 2.07. The van der Waals surface area contributed by atoms with Crippen molar-refractivity contribution in [2.75, 3.05) is 13.2 Å². The van der Waals surface area contributed by atoms with E-state index in [1.807, 2.05) is 45.0 Å². The molecule has 1 aliphatic heterocycles. The fourth-order valence-corrected chi connectivity index (χ4v) is 4.17. The van der Waals surface area contributed by atoms with Gasteiger partial charge in [-0.1, -0.05) is 19.1 Å². The number of aliphatic hydroxyl groups excluding tert-OH is 1. The number of rotatable bonds is 9. The van der Waals surface area contributed by atoms with Crippen molar-refractivity contribution in [3.63, 3.8) is 0 Å². The minimum Gasteiger partial charge on any atom is -0.507 e. The van der Waals surface area contributed by atoms with Gasteiger partial charge < -0.3 is 23.9 Å². The van der Waals surface area contributed by atoms with Gasteiger partial charge in [0.25, 0.3) is 11.7 Å². The van der Waals surface area contributed by atoms with Crippen molar-refractivity contribution in [3.05, 3.63) is 88.9 Å². The summed E-state index contributed by atoms with van der Waals surface area (Å²) >= 11 is 0. The number of aryl methyl sites for hydroxylation is 1. The zero-order valence-corrected chi connectivity index (χ0v) is 20.1. The molecular formula is C28H29NO6. The van der Waals surface area contributed by atoms with Crippen LogP contribution in [0.2, 0.25) is 0 Å². The molecule has 1 unspecified atom stereocenters. The quantitative estimate of drug-likeness (QED) is 0.253. The fourth-order valence-electron chi connectivity index (χ4n) is 4.17. The molecule has 1 atom stereocenters. The Morgan fingerprint density at radius 2 is 1.83 bits per heavy atom. The average Bonchev–Trinajstić information content (AvgIpc) is 3.47. The van der Waals surface area contributed by atoms with Crippen LogP contribution in [0.3, 0.4) is 0 Å². The summed E-state index contributed by atoms with van der Waals surface area (Å²) in [6.07, 6.45) is 2.36. The van der Waals surface area contributed by atoms with E-state index >= 15 is 0 Å². The number of ether oxygens (including phenoxy) is 2. The van der Waals surface area contributed by atoms with E-state index in [1.54, 1.807) is 30.3 Å². The number of nitrogens with zero attached hydrogens (tertiary/aromatic N) is 1. The van der Waals surface area contributed by atoms with E-state index in [4.69, 9.17) is 13.9 Å². The molecule has 2 aromatic carbocycles. The second-order valence-corrected chi connectivity index (χ2v) is 8.35. The molecule has 0 bridgehead atoms. The zero-order valence-electron chi connectivity index (χ0n) is 20.1. The van der Waals surface area contributed by atoms with Crippen LogP contribution in [0.15, 0.2) is 70.9 Å². The summed E-state index contributed by atoms with van der Waals surface area (Å²) in [6, 6.07) is 15.1. The Bertz CT molecular complexity index is 1230. The van der Waals surface area contributed by atoms with E-state index in [0.29, 0.717) is 30.3 Å². The maximum absolute atomic E-state index is 13.2. The summed E-state index contributed by atoms with van der Waals surface area (Å²) in [4.78, 5) is 27.7. The third kappa shape index (κ3) is 4.94. The number of likely N-dealkylation sites (tertiary alicyclic amines) is 1. The monoisotopic (exact) mass is 475 g/mol. The third-order valence-electron chi connectivity index (χ3n) is 5.85. The number of amides is 1. The number of hydrogen-bond acceptors (Lipinski definition) is 6. The number of benzene rings is 2. The van der Waals surface area contributed by atoms with Crippen LogP contribution in [-0.2, 0) is 16.1 Å². The molecule has 0 radical (unpaired) electrons. The van der Waals surface area contributed by atoms with Crippen LogP contribution in [0.4, 0.5) is 0 Å². The molecule has 1 N–H and O–H groups in total. The first-order valence-electron chi connectivity index (χ1n) is 11.7. The van der Waals surface area contributed by atoms with Crippen LogP contribution in [0.25, 0.3) is 5.76 Å². The van der Waals surface area contributed by atoms with Crippen molar-refractivity contribution < 1.29 is 28.6 Å². The van der Waals surface area contributed by atoms with Gasteiger partial charge in [-0.15, -0.1) is 0 Å². The van der Waals surface area contributed by atoms with Gasteiger partial charge >= 0.3 is 0 Å². The van der Waals surface area contributed by atoms with Gasteiger partial charge in [0.2, 0.25) is 0 Å². The number of hydrogen-bond donors (Lipinski definition) is 1. The smallest absolute Gasteiger partial charge is 0.296 e. The van der Waals surface area contributed by atoms with Gasteiger partial charge in [-0.25, -0.2) is 0 Å². The van der Waals surface area contributed by atoms with Crippen molar-refractivity contribution in [2.45, 2.75) is 39.8 Å². The van der Waals surface area contributed by atoms with E-state index in [0.717, 1.165) is 23.3 Å². The van der Waals surface area contributed by atoms with Crippen LogP contribution >= 0.6 is 0 Å². The van der Waals surface area contributed by atoms with Gasteiger partial charge in [0.05, 0.1) is 25.1 Å². The van der Waals surface area contributed by atoms with E-state index in [9.17, 15) is 14.7 Å². The number of carbonyl (C=O) groups excluding carboxylic acids is 2. The number of carbonyl (C=O) groups is 2. The van der Waals surface area contributed by atoms with E-state index < -0.39 is 17.7 Å². The Hall–Kier alpha value is -4.00. The Kier molecular flexibility index (Phi) is 7.25. The lowest BCUT2D eigenvalue weighted by molar-refractivity contribution is -0.140. The van der Waals surface area contributed by atoms with Gasteiger partial charge in [0, 0.05) is 12.1 Å². The van der Waals surface area contributed by atoms with E-state index in [1.165, 1.54) is 11.2 Å². The van der Waals surface area contributed by atoms with Crippen molar-refractivity contribution in [3.8, 4) is 11.5 Å². The molecule has 1 aliphatic rings. The molecule has 4 rings (SSSR count). The summed E-state index contributed by atoms with van der Waals surface area (Å²) < 4.78 is 16.8. The molecule has 1 saturated heterocycles. The summed E-state index contributed by atoms with van der Waals surface area (Å²) in [5, 5.41) is 11.2. The second-order valence-electron chi connectivity index (χ2n) is 8.35. The lowest BCUT2D eigenvalue weighted by Gasteiger charge is -2.23. The highest BCUT2D eigenvalue weighted by molar-refractivity contribution is 6.46. The molecule has 35 heavy (non-hydrogen) atoms. The lowest BCUT2D eigenvalue weighted by atomic mass is 9.98. The van der Waals surface area contributed by atoms with Crippen LogP contribution in [0, 0.1) is 6.92 Å². The molecule has 1 aromatic heterocycles. The van der Waals surface area contributed by atoms with Crippen LogP contribution in [0.5, 0.6) is 11.5 Å². The molecule has 3 aromatic rings. The summed E-state index contributed by atoms with van der Waals surface area (Å²) in [7, 11) is 0. The molecule has 7 nitrogen and oxygen atoms in total.